The summed E-state index contributed by atoms with van der Waals surface area (Å²) in [6, 6.07) is 56.3. The number of aromatic nitrogens is 5. The fourth-order valence-corrected chi connectivity index (χ4v) is 8.04. The zero-order chi connectivity index (χ0) is 38.6. The number of fused-ring (bicyclic) bond motifs is 6. The van der Waals surface area contributed by atoms with Crippen molar-refractivity contribution in [2.75, 3.05) is 7.11 Å². The summed E-state index contributed by atoms with van der Waals surface area (Å²) in [5.41, 5.74) is 13.7. The lowest BCUT2D eigenvalue weighted by Crippen LogP contribution is -1.97. The van der Waals surface area contributed by atoms with Crippen LogP contribution in [0, 0.1) is 0 Å². The first-order valence-corrected chi connectivity index (χ1v) is 19.1. The second kappa shape index (κ2) is 13.7. The van der Waals surface area contributed by atoms with Gasteiger partial charge in [-0.3, -0.25) is 9.97 Å². The maximum Gasteiger partial charge on any atom is 0.160 e. The molecule has 11 rings (SSSR count). The van der Waals surface area contributed by atoms with Gasteiger partial charge >= 0.3 is 0 Å². The van der Waals surface area contributed by atoms with Crippen LogP contribution in [0.2, 0.25) is 0 Å². The molecule has 5 aromatic heterocycles. The number of hydrogen-bond acceptors (Lipinski definition) is 6. The first kappa shape index (κ1) is 33.4. The molecular formula is C51H33N5O2. The van der Waals surface area contributed by atoms with E-state index >= 15 is 0 Å². The number of ether oxygens (including phenoxy) is 1. The molecule has 0 saturated heterocycles. The van der Waals surface area contributed by atoms with Gasteiger partial charge < -0.3 is 13.7 Å². The van der Waals surface area contributed by atoms with Gasteiger partial charge in [-0.2, -0.15) is 0 Å². The van der Waals surface area contributed by atoms with E-state index in [1.807, 2.05) is 54.9 Å². The average Bonchev–Trinajstić information content (AvgIpc) is 3.85. The molecular weight excluding hydrogens is 715 g/mol. The van der Waals surface area contributed by atoms with Crippen molar-refractivity contribution in [2.24, 2.45) is 0 Å². The van der Waals surface area contributed by atoms with E-state index < -0.39 is 0 Å². The molecule has 0 bridgehead atoms. The number of nitrogens with zero attached hydrogens (tertiary/aromatic N) is 5. The third-order valence-electron chi connectivity index (χ3n) is 10.9. The Morgan fingerprint density at radius 1 is 0.500 bits per heavy atom. The third-order valence-corrected chi connectivity index (χ3v) is 10.9. The smallest absolute Gasteiger partial charge is 0.160 e. The number of pyridine rings is 2. The highest BCUT2D eigenvalue weighted by atomic mass is 16.5. The third kappa shape index (κ3) is 5.68. The first-order chi connectivity index (χ1) is 28.7. The molecule has 7 heteroatoms. The standard InChI is InChI=1S/C51H33N5O2/c1-57-39-23-24-47-41(29-39)49-48(58-47)26-28-53-50(49)36-17-13-33(14-18-36)32-11-15-34(16-12-32)43-30-44(55-51(54-43)37-7-3-2-4-8-37)35-19-21-38(22-20-35)56-45-10-6-5-9-40(45)42-31-52-27-25-46(42)56/h2-31H,1H3. The molecule has 7 nitrogen and oxygen atoms in total. The fourth-order valence-electron chi connectivity index (χ4n) is 8.04. The molecule has 5 heterocycles. The van der Waals surface area contributed by atoms with Gasteiger partial charge in [0.15, 0.2) is 5.82 Å². The maximum absolute atomic E-state index is 6.16. The Balaban J connectivity index is 0.927. The predicted molar refractivity (Wildman–Crippen MR) is 233 cm³/mol. The van der Waals surface area contributed by atoms with Crippen molar-refractivity contribution in [1.82, 2.24) is 24.5 Å². The zero-order valence-electron chi connectivity index (χ0n) is 31.4. The number of benzene rings is 6. The largest absolute Gasteiger partial charge is 0.497 e. The Kier molecular flexibility index (Phi) is 7.89. The van der Waals surface area contributed by atoms with Crippen molar-refractivity contribution < 1.29 is 9.15 Å². The Morgan fingerprint density at radius 2 is 1.16 bits per heavy atom. The Bertz CT molecular complexity index is 3240. The Hall–Kier alpha value is -7.90. The molecule has 0 N–H and O–H groups in total. The monoisotopic (exact) mass is 747 g/mol. The van der Waals surface area contributed by atoms with Gasteiger partial charge in [-0.25, -0.2) is 9.97 Å². The summed E-state index contributed by atoms with van der Waals surface area (Å²) >= 11 is 0. The Labute approximate surface area is 333 Å². The number of rotatable bonds is 7. The summed E-state index contributed by atoms with van der Waals surface area (Å²) in [5.74, 6) is 1.46. The van der Waals surface area contributed by atoms with E-state index in [1.165, 1.54) is 5.39 Å². The van der Waals surface area contributed by atoms with Gasteiger partial charge in [0.2, 0.25) is 0 Å². The lowest BCUT2D eigenvalue weighted by molar-refractivity contribution is 0.415. The molecule has 0 atom stereocenters. The van der Waals surface area contributed by atoms with Crippen LogP contribution in [-0.2, 0) is 0 Å². The summed E-state index contributed by atoms with van der Waals surface area (Å²) < 4.78 is 14.0. The quantitative estimate of drug-likeness (QED) is 0.161. The van der Waals surface area contributed by atoms with Crippen molar-refractivity contribution in [2.45, 2.75) is 0 Å². The van der Waals surface area contributed by atoms with E-state index in [-0.39, 0.29) is 0 Å². The first-order valence-electron chi connectivity index (χ1n) is 19.1. The van der Waals surface area contributed by atoms with Gasteiger partial charge in [0, 0.05) is 62.7 Å². The lowest BCUT2D eigenvalue weighted by Gasteiger charge is -2.12. The molecule has 0 fully saturated rings. The lowest BCUT2D eigenvalue weighted by atomic mass is 9.99. The van der Waals surface area contributed by atoms with E-state index in [9.17, 15) is 0 Å². The second-order valence-corrected chi connectivity index (χ2v) is 14.3. The molecule has 0 aliphatic heterocycles. The molecule has 0 aliphatic rings. The summed E-state index contributed by atoms with van der Waals surface area (Å²) in [4.78, 5) is 19.4. The molecule has 58 heavy (non-hydrogen) atoms. The van der Waals surface area contributed by atoms with E-state index in [1.54, 1.807) is 13.3 Å². The highest BCUT2D eigenvalue weighted by Crippen LogP contribution is 2.38. The van der Waals surface area contributed by atoms with Gasteiger partial charge in [-0.15, -0.1) is 0 Å². The fraction of sp³-hybridized carbons (Fsp3) is 0.0196. The minimum atomic E-state index is 0.680. The summed E-state index contributed by atoms with van der Waals surface area (Å²) in [6.45, 7) is 0. The number of hydrogen-bond donors (Lipinski definition) is 0. The minimum absolute atomic E-state index is 0.680. The van der Waals surface area contributed by atoms with Crippen LogP contribution in [0.25, 0.3) is 106 Å². The zero-order valence-corrected chi connectivity index (χ0v) is 31.4. The average molecular weight is 748 g/mol. The van der Waals surface area contributed by atoms with Gasteiger partial charge in [0.05, 0.1) is 40.6 Å². The molecule has 0 radical (unpaired) electrons. The van der Waals surface area contributed by atoms with Crippen molar-refractivity contribution in [1.29, 1.82) is 0 Å². The molecule has 6 aromatic carbocycles. The normalized spacial score (nSPS) is 11.5. The molecule has 0 spiro atoms. The minimum Gasteiger partial charge on any atom is -0.497 e. The van der Waals surface area contributed by atoms with Gasteiger partial charge in [-0.1, -0.05) is 109 Å². The van der Waals surface area contributed by atoms with Gasteiger partial charge in [-0.05, 0) is 65.7 Å². The molecule has 0 saturated carbocycles. The van der Waals surface area contributed by atoms with E-state index in [2.05, 4.69) is 131 Å². The van der Waals surface area contributed by atoms with Crippen molar-refractivity contribution in [3.05, 3.63) is 182 Å². The highest BCUT2D eigenvalue weighted by molar-refractivity contribution is 6.12. The van der Waals surface area contributed by atoms with Gasteiger partial charge in [0.25, 0.3) is 0 Å². The van der Waals surface area contributed by atoms with Crippen LogP contribution in [0.4, 0.5) is 0 Å². The van der Waals surface area contributed by atoms with Crippen LogP contribution in [0.3, 0.4) is 0 Å². The molecule has 11 aromatic rings. The molecule has 0 unspecified atom stereocenters. The number of methoxy groups -OCH3 is 1. The van der Waals surface area contributed by atoms with Crippen LogP contribution >= 0.6 is 0 Å². The van der Waals surface area contributed by atoms with Crippen LogP contribution in [0.15, 0.2) is 187 Å². The van der Waals surface area contributed by atoms with Crippen molar-refractivity contribution in [3.8, 4) is 67.7 Å². The SMILES string of the molecule is COc1ccc2oc3ccnc(-c4ccc(-c5ccc(-c6cc(-c7ccc(-n8c9ccccc9c9cnccc98)cc7)nc(-c7ccccc7)n6)cc5)cc4)c3c2c1. The van der Waals surface area contributed by atoms with Crippen molar-refractivity contribution >= 4 is 43.7 Å². The highest BCUT2D eigenvalue weighted by Gasteiger charge is 2.17. The molecule has 0 aliphatic carbocycles. The van der Waals surface area contributed by atoms with Crippen LogP contribution in [0.1, 0.15) is 0 Å². The topological polar surface area (TPSA) is 78.9 Å². The van der Waals surface area contributed by atoms with Crippen LogP contribution < -0.4 is 4.74 Å². The molecule has 274 valence electrons. The Morgan fingerprint density at radius 3 is 1.90 bits per heavy atom. The number of para-hydroxylation sites is 1. The summed E-state index contributed by atoms with van der Waals surface area (Å²) in [7, 11) is 1.67. The van der Waals surface area contributed by atoms with E-state index in [0.29, 0.717) is 5.82 Å². The second-order valence-electron chi connectivity index (χ2n) is 14.3. The van der Waals surface area contributed by atoms with E-state index in [0.717, 1.165) is 100 Å². The van der Waals surface area contributed by atoms with Crippen LogP contribution in [-0.4, -0.2) is 31.6 Å². The van der Waals surface area contributed by atoms with Gasteiger partial charge in [0.1, 0.15) is 16.9 Å². The summed E-state index contributed by atoms with van der Waals surface area (Å²) in [6.07, 6.45) is 5.59. The van der Waals surface area contributed by atoms with E-state index in [4.69, 9.17) is 24.1 Å². The predicted octanol–water partition coefficient (Wildman–Crippen LogP) is 12.6. The molecule has 0 amide bonds. The van der Waals surface area contributed by atoms with Crippen molar-refractivity contribution in [3.63, 3.8) is 0 Å². The van der Waals surface area contributed by atoms with Crippen LogP contribution in [0.5, 0.6) is 5.75 Å². The maximum atomic E-state index is 6.16. The number of furan rings is 1. The summed E-state index contributed by atoms with van der Waals surface area (Å²) in [5, 5.41) is 4.27.